The predicted octanol–water partition coefficient (Wildman–Crippen LogP) is 4.34. The molecule has 0 radical (unpaired) electrons. The molecule has 4 aromatic rings. The zero-order chi connectivity index (χ0) is 31.4. The van der Waals surface area contributed by atoms with E-state index in [-0.39, 0.29) is 29.3 Å². The number of likely N-dealkylation sites (tertiary alicyclic amines) is 1. The molecule has 2 aromatic heterocycles. The molecular weight excluding hydrogens is 562 g/mol. The molecule has 4 N–H and O–H groups in total. The van der Waals surface area contributed by atoms with E-state index in [0.29, 0.717) is 28.5 Å². The minimum Gasteiger partial charge on any atom is -0.494 e. The topological polar surface area (TPSA) is 150 Å². The van der Waals surface area contributed by atoms with Gasteiger partial charge in [-0.3, -0.25) is 9.48 Å². The summed E-state index contributed by atoms with van der Waals surface area (Å²) in [5.74, 6) is -0.869. The van der Waals surface area contributed by atoms with Crippen molar-refractivity contribution in [1.82, 2.24) is 24.6 Å². The Morgan fingerprint density at radius 2 is 1.93 bits per heavy atom. The number of hydrogen-bond donors (Lipinski definition) is 4. The number of aryl methyl sites for hydroxylation is 1. The third kappa shape index (κ3) is 6.47. The predicted molar refractivity (Wildman–Crippen MR) is 170 cm³/mol. The Kier molecular flexibility index (Phi) is 8.76. The molecule has 1 atom stereocenters. The van der Waals surface area contributed by atoms with Gasteiger partial charge < -0.3 is 35.6 Å². The summed E-state index contributed by atoms with van der Waals surface area (Å²) in [6.45, 7) is 5.45. The molecule has 228 valence electrons. The number of carboxylic acids is 1. The Hall–Kier alpha value is -5.43. The number of benzene rings is 2. The second-order valence-corrected chi connectivity index (χ2v) is 10.5. The lowest BCUT2D eigenvalue weighted by molar-refractivity contribution is -0.111. The molecule has 1 aliphatic heterocycles. The lowest BCUT2D eigenvalue weighted by Gasteiger charge is -2.29. The van der Waals surface area contributed by atoms with E-state index in [0.717, 1.165) is 30.8 Å². The van der Waals surface area contributed by atoms with Gasteiger partial charge in [-0.15, -0.1) is 0 Å². The van der Waals surface area contributed by atoms with Crippen LogP contribution in [0.4, 0.5) is 34.5 Å². The zero-order valence-corrected chi connectivity index (χ0v) is 25.0. The van der Waals surface area contributed by atoms with Crippen molar-refractivity contribution in [1.29, 1.82) is 0 Å². The van der Waals surface area contributed by atoms with Crippen molar-refractivity contribution in [2.75, 3.05) is 55.1 Å². The van der Waals surface area contributed by atoms with Crippen molar-refractivity contribution in [3.63, 3.8) is 0 Å². The van der Waals surface area contributed by atoms with E-state index in [1.54, 1.807) is 17.9 Å². The first-order chi connectivity index (χ1) is 21.2. The van der Waals surface area contributed by atoms with Crippen LogP contribution in [0, 0.1) is 0 Å². The van der Waals surface area contributed by atoms with Crippen molar-refractivity contribution in [3.05, 3.63) is 73.1 Å². The summed E-state index contributed by atoms with van der Waals surface area (Å²) in [5.41, 5.74) is 3.78. The minimum absolute atomic E-state index is 0.0826. The van der Waals surface area contributed by atoms with E-state index in [2.05, 4.69) is 54.4 Å². The number of aromatic carboxylic acids is 1. The van der Waals surface area contributed by atoms with Crippen molar-refractivity contribution >= 4 is 46.4 Å². The Labute approximate surface area is 255 Å². The van der Waals surface area contributed by atoms with Gasteiger partial charge in [-0.05, 0) is 44.3 Å². The maximum absolute atomic E-state index is 12.4. The highest BCUT2D eigenvalue weighted by Crippen LogP contribution is 2.39. The number of aromatic nitrogens is 4. The van der Waals surface area contributed by atoms with Gasteiger partial charge >= 0.3 is 5.97 Å². The summed E-state index contributed by atoms with van der Waals surface area (Å²) in [6.07, 6.45) is 5.25. The molecule has 2 aromatic carbocycles. The number of carbonyl (C=O) groups is 2. The third-order valence-corrected chi connectivity index (χ3v) is 7.49. The summed E-state index contributed by atoms with van der Waals surface area (Å²) in [5, 5.41) is 23.6. The first-order valence-electron chi connectivity index (χ1n) is 14.0. The lowest BCUT2D eigenvalue weighted by Crippen LogP contribution is -2.34. The van der Waals surface area contributed by atoms with Crippen LogP contribution in [-0.4, -0.2) is 82.0 Å². The van der Waals surface area contributed by atoms with Gasteiger partial charge in [0.2, 0.25) is 11.9 Å². The molecule has 1 aliphatic rings. The van der Waals surface area contributed by atoms with Gasteiger partial charge in [0, 0.05) is 56.4 Å². The van der Waals surface area contributed by atoms with Gasteiger partial charge in [-0.1, -0.05) is 24.8 Å². The number of likely N-dealkylation sites (N-methyl/N-ethyl adjacent to an activating group) is 2. The normalized spacial score (nSPS) is 14.6. The number of nitrogens with zero attached hydrogens (tertiary/aromatic N) is 6. The largest absolute Gasteiger partial charge is 0.494 e. The third-order valence-electron chi connectivity index (χ3n) is 7.49. The Balaban J connectivity index is 1.51. The van der Waals surface area contributed by atoms with Gasteiger partial charge in [0.1, 0.15) is 11.3 Å². The molecule has 1 amide bonds. The molecule has 0 spiro atoms. The fourth-order valence-electron chi connectivity index (χ4n) is 5.15. The zero-order valence-electron chi connectivity index (χ0n) is 25.0. The second kappa shape index (κ2) is 12.8. The number of hydrogen-bond acceptors (Lipinski definition) is 10. The highest BCUT2D eigenvalue weighted by Gasteiger charge is 2.26. The number of carbonyl (C=O) groups excluding carboxylic acids is 1. The van der Waals surface area contributed by atoms with Crippen LogP contribution in [0.25, 0.3) is 11.3 Å². The standard InChI is InChI=1S/C31H35N9O4/c1-6-28(41)33-24-15-25(27(44-5)16-26(24)40(4)19-11-13-38(2)18-19)35-31-32-17-21(30(42)43)29(36-31)34-22-10-8-7-9-20(22)23-12-14-39(3)37-23/h6-10,12,14-17,19H,1,11,13,18H2,2-5H3,(H,33,41)(H,42,43)(H2,32,34,35,36)/t19-/m1/s1. The summed E-state index contributed by atoms with van der Waals surface area (Å²) in [4.78, 5) is 37.7. The molecule has 5 rings (SSSR count). The van der Waals surface area contributed by atoms with Crippen LogP contribution >= 0.6 is 0 Å². The van der Waals surface area contributed by atoms with E-state index in [9.17, 15) is 14.7 Å². The van der Waals surface area contributed by atoms with E-state index in [1.807, 2.05) is 56.7 Å². The average molecular weight is 598 g/mol. The van der Waals surface area contributed by atoms with Crippen LogP contribution in [-0.2, 0) is 11.8 Å². The number of ether oxygens (including phenoxy) is 1. The van der Waals surface area contributed by atoms with E-state index in [1.165, 1.54) is 12.3 Å². The summed E-state index contributed by atoms with van der Waals surface area (Å²) in [7, 11) is 7.44. The van der Waals surface area contributed by atoms with Crippen LogP contribution in [0.2, 0.25) is 0 Å². The Morgan fingerprint density at radius 1 is 1.14 bits per heavy atom. The first-order valence-corrected chi connectivity index (χ1v) is 14.0. The van der Waals surface area contributed by atoms with Gasteiger partial charge in [0.25, 0.3) is 0 Å². The van der Waals surface area contributed by atoms with Crippen LogP contribution in [0.5, 0.6) is 5.75 Å². The maximum Gasteiger partial charge on any atom is 0.341 e. The van der Waals surface area contributed by atoms with E-state index in [4.69, 9.17) is 4.74 Å². The maximum atomic E-state index is 12.4. The van der Waals surface area contributed by atoms with Crippen molar-refractivity contribution < 1.29 is 19.4 Å². The second-order valence-electron chi connectivity index (χ2n) is 10.5. The number of amides is 1. The van der Waals surface area contributed by atoms with Crippen molar-refractivity contribution in [3.8, 4) is 17.0 Å². The van der Waals surface area contributed by atoms with Crippen LogP contribution in [0.15, 0.2) is 67.5 Å². The minimum atomic E-state index is -1.19. The number of carboxylic acid groups (broad SMARTS) is 1. The van der Waals surface area contributed by atoms with Crippen LogP contribution in [0.3, 0.4) is 0 Å². The molecule has 0 bridgehead atoms. The molecule has 0 saturated carbocycles. The van der Waals surface area contributed by atoms with Crippen LogP contribution in [0.1, 0.15) is 16.8 Å². The fraction of sp³-hybridized carbons (Fsp3) is 0.258. The summed E-state index contributed by atoms with van der Waals surface area (Å²) >= 11 is 0. The highest BCUT2D eigenvalue weighted by molar-refractivity contribution is 6.02. The molecular formula is C31H35N9O4. The molecule has 44 heavy (non-hydrogen) atoms. The van der Waals surface area contributed by atoms with Gasteiger partial charge in [-0.25, -0.2) is 9.78 Å². The molecule has 1 saturated heterocycles. The average Bonchev–Trinajstić information content (AvgIpc) is 3.65. The smallest absolute Gasteiger partial charge is 0.341 e. The molecule has 1 fully saturated rings. The molecule has 3 heterocycles. The number of nitrogens with one attached hydrogen (secondary N) is 3. The quantitative estimate of drug-likeness (QED) is 0.183. The molecule has 0 unspecified atom stereocenters. The monoisotopic (exact) mass is 597 g/mol. The lowest BCUT2D eigenvalue weighted by atomic mass is 10.1. The van der Waals surface area contributed by atoms with Crippen molar-refractivity contribution in [2.45, 2.75) is 12.5 Å². The highest BCUT2D eigenvalue weighted by atomic mass is 16.5. The van der Waals surface area contributed by atoms with Gasteiger partial charge in [0.15, 0.2) is 5.82 Å². The fourth-order valence-corrected chi connectivity index (χ4v) is 5.15. The molecule has 13 nitrogen and oxygen atoms in total. The molecule has 13 heteroatoms. The number of rotatable bonds is 11. The van der Waals surface area contributed by atoms with Gasteiger partial charge in [0.05, 0.1) is 29.9 Å². The van der Waals surface area contributed by atoms with Crippen LogP contribution < -0.4 is 25.6 Å². The Bertz CT molecular complexity index is 1700. The molecule has 0 aliphatic carbocycles. The SMILES string of the molecule is C=CC(=O)Nc1cc(Nc2ncc(C(=O)O)c(Nc3ccccc3-c3ccn(C)n3)n2)c(OC)cc1N(C)[C@@H]1CCN(C)C1. The van der Waals surface area contributed by atoms with Gasteiger partial charge in [-0.2, -0.15) is 10.1 Å². The Morgan fingerprint density at radius 3 is 2.59 bits per heavy atom. The first kappa shape index (κ1) is 30.0. The summed E-state index contributed by atoms with van der Waals surface area (Å²) in [6, 6.07) is 13.1. The number of methoxy groups -OCH3 is 1. The number of anilines is 6. The van der Waals surface area contributed by atoms with E-state index < -0.39 is 5.97 Å². The number of para-hydroxylation sites is 1. The van der Waals surface area contributed by atoms with E-state index >= 15 is 0 Å². The van der Waals surface area contributed by atoms with Crippen molar-refractivity contribution in [2.24, 2.45) is 7.05 Å². The summed E-state index contributed by atoms with van der Waals surface area (Å²) < 4.78 is 7.42.